The van der Waals surface area contributed by atoms with Crippen LogP contribution in [0.3, 0.4) is 0 Å². The van der Waals surface area contributed by atoms with Gasteiger partial charge in [0.15, 0.2) is 0 Å². The fraction of sp³-hybridized carbons (Fsp3) is 0.800. The first-order chi connectivity index (χ1) is 10.4. The van der Waals surface area contributed by atoms with Crippen molar-refractivity contribution in [1.29, 1.82) is 0 Å². The molecule has 2 rings (SSSR count). The number of alkyl halides is 1. The molecule has 2 aliphatic rings. The third-order valence-electron chi connectivity index (χ3n) is 5.54. The highest BCUT2D eigenvalue weighted by atomic mass is 19.1. The summed E-state index contributed by atoms with van der Waals surface area (Å²) in [6, 6.07) is 0. The quantitative estimate of drug-likeness (QED) is 0.591. The summed E-state index contributed by atoms with van der Waals surface area (Å²) in [6.45, 7) is 9.09. The SMILES string of the molecule is COC(C)C1=C[C@H](C)[C@H](C2=CCC(F)CC2)C[C@@H]1CC(C)C. The lowest BCUT2D eigenvalue weighted by molar-refractivity contribution is 0.125. The van der Waals surface area contributed by atoms with Crippen molar-refractivity contribution in [3.63, 3.8) is 0 Å². The van der Waals surface area contributed by atoms with Crippen LogP contribution in [-0.4, -0.2) is 19.4 Å². The van der Waals surface area contributed by atoms with Crippen LogP contribution in [0.4, 0.5) is 4.39 Å². The molecule has 0 aromatic heterocycles. The molecular formula is C20H33FO. The van der Waals surface area contributed by atoms with Crippen LogP contribution in [-0.2, 0) is 4.74 Å². The largest absolute Gasteiger partial charge is 0.377 e. The van der Waals surface area contributed by atoms with E-state index in [2.05, 4.69) is 39.8 Å². The van der Waals surface area contributed by atoms with E-state index in [1.54, 1.807) is 7.11 Å². The molecule has 0 bridgehead atoms. The highest BCUT2D eigenvalue weighted by Gasteiger charge is 2.34. The van der Waals surface area contributed by atoms with Crippen molar-refractivity contribution in [3.05, 3.63) is 23.3 Å². The van der Waals surface area contributed by atoms with Crippen molar-refractivity contribution < 1.29 is 9.13 Å². The molecule has 0 radical (unpaired) electrons. The van der Waals surface area contributed by atoms with Crippen LogP contribution in [0, 0.1) is 23.7 Å². The van der Waals surface area contributed by atoms with E-state index in [1.807, 2.05) is 0 Å². The van der Waals surface area contributed by atoms with Crippen LogP contribution in [0.15, 0.2) is 23.3 Å². The molecule has 126 valence electrons. The summed E-state index contributed by atoms with van der Waals surface area (Å²) in [5.41, 5.74) is 3.00. The molecule has 0 saturated carbocycles. The Morgan fingerprint density at radius 1 is 1.32 bits per heavy atom. The first kappa shape index (κ1) is 17.7. The van der Waals surface area contributed by atoms with Gasteiger partial charge in [0.25, 0.3) is 0 Å². The summed E-state index contributed by atoms with van der Waals surface area (Å²) in [7, 11) is 1.81. The highest BCUT2D eigenvalue weighted by Crippen LogP contribution is 2.43. The van der Waals surface area contributed by atoms with Crippen molar-refractivity contribution in [1.82, 2.24) is 0 Å². The molecule has 2 unspecified atom stereocenters. The first-order valence-corrected chi connectivity index (χ1v) is 8.99. The van der Waals surface area contributed by atoms with E-state index in [0.717, 1.165) is 12.8 Å². The van der Waals surface area contributed by atoms with Crippen LogP contribution in [0.2, 0.25) is 0 Å². The fourth-order valence-corrected chi connectivity index (χ4v) is 4.27. The number of allylic oxidation sites excluding steroid dienone is 3. The van der Waals surface area contributed by atoms with Gasteiger partial charge in [0.2, 0.25) is 0 Å². The number of rotatable bonds is 5. The van der Waals surface area contributed by atoms with Crippen LogP contribution in [0.5, 0.6) is 0 Å². The van der Waals surface area contributed by atoms with E-state index in [-0.39, 0.29) is 6.10 Å². The van der Waals surface area contributed by atoms with E-state index in [1.165, 1.54) is 24.0 Å². The van der Waals surface area contributed by atoms with E-state index in [0.29, 0.717) is 30.1 Å². The molecular weight excluding hydrogens is 275 g/mol. The van der Waals surface area contributed by atoms with Crippen LogP contribution >= 0.6 is 0 Å². The Labute approximate surface area is 136 Å². The lowest BCUT2D eigenvalue weighted by atomic mass is 9.68. The molecule has 0 N–H and O–H groups in total. The standard InChI is InChI=1S/C20H33FO/c1-13(2)10-17-12-19(16-6-8-18(21)9-7-16)14(3)11-20(17)15(4)22-5/h6,11,13-15,17-19H,7-10,12H2,1-5H3/t14-,15?,17-,18?,19+/m0/s1. The van der Waals surface area contributed by atoms with Gasteiger partial charge in [-0.25, -0.2) is 4.39 Å². The third-order valence-corrected chi connectivity index (χ3v) is 5.54. The minimum atomic E-state index is -0.617. The molecule has 5 atom stereocenters. The minimum Gasteiger partial charge on any atom is -0.377 e. The number of halogens is 1. The van der Waals surface area contributed by atoms with Gasteiger partial charge in [-0.15, -0.1) is 0 Å². The predicted octanol–water partition coefficient (Wildman–Crippen LogP) is 5.71. The molecule has 0 aromatic rings. The highest BCUT2D eigenvalue weighted by molar-refractivity contribution is 5.24. The van der Waals surface area contributed by atoms with Gasteiger partial charge in [-0.05, 0) is 68.3 Å². The zero-order valence-electron chi connectivity index (χ0n) is 14.9. The van der Waals surface area contributed by atoms with Crippen LogP contribution in [0.25, 0.3) is 0 Å². The number of hydrogen-bond acceptors (Lipinski definition) is 1. The Balaban J connectivity index is 2.19. The van der Waals surface area contributed by atoms with Gasteiger partial charge >= 0.3 is 0 Å². The van der Waals surface area contributed by atoms with Crippen molar-refractivity contribution in [3.8, 4) is 0 Å². The molecule has 1 nitrogen and oxygen atoms in total. The van der Waals surface area contributed by atoms with E-state index in [4.69, 9.17) is 4.74 Å². The first-order valence-electron chi connectivity index (χ1n) is 8.99. The van der Waals surface area contributed by atoms with Gasteiger partial charge in [-0.1, -0.05) is 38.5 Å². The Morgan fingerprint density at radius 2 is 2.05 bits per heavy atom. The normalized spacial score (nSPS) is 34.3. The third kappa shape index (κ3) is 4.22. The molecule has 0 aliphatic heterocycles. The van der Waals surface area contributed by atoms with Crippen LogP contribution in [0.1, 0.15) is 59.8 Å². The topological polar surface area (TPSA) is 9.23 Å². The molecule has 0 aromatic carbocycles. The Kier molecular flexibility index (Phi) is 6.26. The molecule has 0 fully saturated rings. The number of hydrogen-bond donors (Lipinski definition) is 0. The lowest BCUT2D eigenvalue weighted by Crippen LogP contribution is -2.30. The number of ether oxygens (including phenoxy) is 1. The lowest BCUT2D eigenvalue weighted by Gasteiger charge is -2.39. The Bertz CT molecular complexity index is 423. The van der Waals surface area contributed by atoms with E-state index in [9.17, 15) is 4.39 Å². The van der Waals surface area contributed by atoms with E-state index >= 15 is 0 Å². The Morgan fingerprint density at radius 3 is 2.59 bits per heavy atom. The fourth-order valence-electron chi connectivity index (χ4n) is 4.27. The molecule has 0 amide bonds. The summed E-state index contributed by atoms with van der Waals surface area (Å²) >= 11 is 0. The second-order valence-electron chi connectivity index (χ2n) is 7.72. The summed E-state index contributed by atoms with van der Waals surface area (Å²) in [5.74, 6) is 2.45. The molecule has 0 heterocycles. The average molecular weight is 308 g/mol. The molecule has 2 heteroatoms. The number of methoxy groups -OCH3 is 1. The summed E-state index contributed by atoms with van der Waals surface area (Å²) < 4.78 is 19.0. The van der Waals surface area contributed by atoms with Gasteiger partial charge in [0, 0.05) is 7.11 Å². The predicted molar refractivity (Wildman–Crippen MR) is 91.6 cm³/mol. The summed E-state index contributed by atoms with van der Waals surface area (Å²) in [5, 5.41) is 0. The minimum absolute atomic E-state index is 0.211. The maximum atomic E-state index is 13.4. The van der Waals surface area contributed by atoms with Gasteiger partial charge in [0.1, 0.15) is 6.17 Å². The Hall–Kier alpha value is -0.630. The molecule has 22 heavy (non-hydrogen) atoms. The van der Waals surface area contributed by atoms with Gasteiger partial charge in [-0.2, -0.15) is 0 Å². The monoisotopic (exact) mass is 308 g/mol. The average Bonchev–Trinajstić information content (AvgIpc) is 2.48. The van der Waals surface area contributed by atoms with Gasteiger partial charge in [0.05, 0.1) is 6.10 Å². The van der Waals surface area contributed by atoms with Gasteiger partial charge in [-0.3, -0.25) is 0 Å². The zero-order chi connectivity index (χ0) is 16.3. The summed E-state index contributed by atoms with van der Waals surface area (Å²) in [6.07, 6.45) is 8.97. The van der Waals surface area contributed by atoms with Crippen LogP contribution < -0.4 is 0 Å². The van der Waals surface area contributed by atoms with Gasteiger partial charge < -0.3 is 4.74 Å². The second kappa shape index (κ2) is 7.77. The van der Waals surface area contributed by atoms with Crippen molar-refractivity contribution in [2.24, 2.45) is 23.7 Å². The molecule has 2 aliphatic carbocycles. The van der Waals surface area contributed by atoms with Crippen molar-refractivity contribution >= 4 is 0 Å². The molecule has 0 saturated heterocycles. The van der Waals surface area contributed by atoms with Crippen molar-refractivity contribution in [2.45, 2.75) is 72.1 Å². The maximum Gasteiger partial charge on any atom is 0.104 e. The second-order valence-corrected chi connectivity index (χ2v) is 7.72. The summed E-state index contributed by atoms with van der Waals surface area (Å²) in [4.78, 5) is 0. The smallest absolute Gasteiger partial charge is 0.104 e. The maximum absolute atomic E-state index is 13.4. The molecule has 0 spiro atoms. The van der Waals surface area contributed by atoms with Crippen molar-refractivity contribution in [2.75, 3.05) is 7.11 Å². The van der Waals surface area contributed by atoms with E-state index < -0.39 is 6.17 Å². The zero-order valence-corrected chi connectivity index (χ0v) is 14.9.